The third-order valence-electron chi connectivity index (χ3n) is 2.02. The summed E-state index contributed by atoms with van der Waals surface area (Å²) < 4.78 is 1.49. The van der Waals surface area contributed by atoms with Crippen LogP contribution in [-0.4, -0.2) is 31.5 Å². The zero-order chi connectivity index (χ0) is 13.2. The maximum absolute atomic E-state index is 10.9. The lowest BCUT2D eigenvalue weighted by Gasteiger charge is -2.08. The minimum Gasteiger partial charge on any atom is -0.481 e. The molecule has 1 aromatic rings. The molecule has 1 heterocycles. The number of carboxylic acid groups (broad SMARTS) is 1. The molecular weight excluding hydrogens is 246 g/mol. The van der Waals surface area contributed by atoms with Gasteiger partial charge >= 0.3 is 11.7 Å². The Labute approximate surface area is 102 Å². The Morgan fingerprint density at radius 3 is 2.65 bits per heavy atom. The molecule has 0 saturated carbocycles. The van der Waals surface area contributed by atoms with Crippen LogP contribution >= 0.6 is 11.8 Å². The quantitative estimate of drug-likeness (QED) is 0.492. The molecule has 0 bridgehead atoms. The molecular formula is C9H13N3O4S. The summed E-state index contributed by atoms with van der Waals surface area (Å²) in [6.07, 6.45) is 0. The van der Waals surface area contributed by atoms with E-state index in [2.05, 4.69) is 5.10 Å². The van der Waals surface area contributed by atoms with Crippen LogP contribution in [-0.2, 0) is 4.79 Å². The van der Waals surface area contributed by atoms with Crippen molar-refractivity contribution in [1.29, 1.82) is 0 Å². The van der Waals surface area contributed by atoms with Gasteiger partial charge < -0.3 is 5.11 Å². The van der Waals surface area contributed by atoms with Crippen LogP contribution in [0.15, 0.2) is 5.03 Å². The summed E-state index contributed by atoms with van der Waals surface area (Å²) in [5, 5.41) is 23.9. The number of rotatable bonds is 5. The summed E-state index contributed by atoms with van der Waals surface area (Å²) in [5.41, 5.74) is 0.196. The van der Waals surface area contributed by atoms with E-state index in [4.69, 9.17) is 5.11 Å². The Balaban J connectivity index is 3.20. The third kappa shape index (κ3) is 2.96. The van der Waals surface area contributed by atoms with E-state index in [0.717, 1.165) is 11.8 Å². The minimum absolute atomic E-state index is 0.0568. The van der Waals surface area contributed by atoms with Crippen LogP contribution in [0, 0.1) is 17.0 Å². The summed E-state index contributed by atoms with van der Waals surface area (Å²) in [5.74, 6) is -1.24. The fraction of sp³-hybridized carbons (Fsp3) is 0.556. The molecule has 94 valence electrons. The summed E-state index contributed by atoms with van der Waals surface area (Å²) in [4.78, 5) is 20.9. The molecule has 1 aromatic heterocycles. The van der Waals surface area contributed by atoms with Crippen molar-refractivity contribution in [2.24, 2.45) is 0 Å². The van der Waals surface area contributed by atoms with Crippen molar-refractivity contribution in [1.82, 2.24) is 9.78 Å². The van der Waals surface area contributed by atoms with Gasteiger partial charge in [-0.2, -0.15) is 5.10 Å². The van der Waals surface area contributed by atoms with Crippen molar-refractivity contribution in [3.8, 4) is 0 Å². The zero-order valence-electron chi connectivity index (χ0n) is 9.71. The van der Waals surface area contributed by atoms with Gasteiger partial charge in [0.15, 0.2) is 5.03 Å². The molecule has 0 unspecified atom stereocenters. The lowest BCUT2D eigenvalue weighted by atomic mass is 10.4. The molecule has 0 amide bonds. The largest absolute Gasteiger partial charge is 0.481 e. The maximum Gasteiger partial charge on any atom is 0.323 e. The monoisotopic (exact) mass is 259 g/mol. The Kier molecular flexibility index (Phi) is 4.11. The first-order chi connectivity index (χ1) is 7.84. The molecule has 0 radical (unpaired) electrons. The van der Waals surface area contributed by atoms with Crippen molar-refractivity contribution >= 4 is 23.4 Å². The lowest BCUT2D eigenvalue weighted by molar-refractivity contribution is -0.388. The summed E-state index contributed by atoms with van der Waals surface area (Å²) in [7, 11) is 0. The predicted molar refractivity (Wildman–Crippen MR) is 62.4 cm³/mol. The number of carbonyl (C=O) groups is 1. The predicted octanol–water partition coefficient (Wildman–Crippen LogP) is 1.86. The maximum atomic E-state index is 10.9. The number of thioether (sulfide) groups is 1. The lowest BCUT2D eigenvalue weighted by Crippen LogP contribution is -2.07. The Bertz CT molecular complexity index is 455. The fourth-order valence-corrected chi connectivity index (χ4v) is 2.35. The second-order valence-electron chi connectivity index (χ2n) is 3.72. The van der Waals surface area contributed by atoms with E-state index < -0.39 is 10.9 Å². The summed E-state index contributed by atoms with van der Waals surface area (Å²) >= 11 is 0.919. The third-order valence-corrected chi connectivity index (χ3v) is 3.06. The van der Waals surface area contributed by atoms with E-state index >= 15 is 0 Å². The van der Waals surface area contributed by atoms with Gasteiger partial charge in [-0.3, -0.25) is 14.9 Å². The molecule has 0 aliphatic carbocycles. The van der Waals surface area contributed by atoms with Gasteiger partial charge in [0, 0.05) is 6.04 Å². The van der Waals surface area contributed by atoms with Crippen LogP contribution in [0.3, 0.4) is 0 Å². The molecule has 0 aromatic carbocycles. The molecule has 0 saturated heterocycles. The van der Waals surface area contributed by atoms with Gasteiger partial charge in [0.25, 0.3) is 0 Å². The highest BCUT2D eigenvalue weighted by atomic mass is 32.2. The zero-order valence-corrected chi connectivity index (χ0v) is 10.5. The highest BCUT2D eigenvalue weighted by Gasteiger charge is 2.27. The number of carboxylic acids is 1. The molecule has 1 N–H and O–H groups in total. The van der Waals surface area contributed by atoms with Crippen molar-refractivity contribution in [2.75, 3.05) is 5.75 Å². The average Bonchev–Trinajstić information content (AvgIpc) is 2.52. The fourth-order valence-electron chi connectivity index (χ4n) is 1.34. The molecule has 0 aliphatic rings. The van der Waals surface area contributed by atoms with Crippen molar-refractivity contribution < 1.29 is 14.8 Å². The molecule has 17 heavy (non-hydrogen) atoms. The molecule has 7 nitrogen and oxygen atoms in total. The molecule has 0 spiro atoms. The molecule has 1 rings (SSSR count). The standard InChI is InChI=1S/C9H13N3O4S/c1-5(2)11-9(17-4-7(13)14)8(12(15)16)6(3)10-11/h5H,4H2,1-3H3,(H,13,14). The minimum atomic E-state index is -1.02. The van der Waals surface area contributed by atoms with E-state index in [1.54, 1.807) is 6.92 Å². The summed E-state index contributed by atoms with van der Waals surface area (Å²) in [6, 6.07) is -0.0568. The smallest absolute Gasteiger partial charge is 0.323 e. The van der Waals surface area contributed by atoms with Crippen LogP contribution in [0.4, 0.5) is 5.69 Å². The highest BCUT2D eigenvalue weighted by Crippen LogP contribution is 2.33. The Morgan fingerprint density at radius 2 is 2.24 bits per heavy atom. The van der Waals surface area contributed by atoms with E-state index in [9.17, 15) is 14.9 Å². The Hall–Kier alpha value is -1.57. The van der Waals surface area contributed by atoms with Gasteiger partial charge in [-0.25, -0.2) is 4.68 Å². The molecule has 0 aliphatic heterocycles. The van der Waals surface area contributed by atoms with Crippen LogP contribution < -0.4 is 0 Å². The van der Waals surface area contributed by atoms with Crippen LogP contribution in [0.1, 0.15) is 25.6 Å². The first kappa shape index (κ1) is 13.5. The van der Waals surface area contributed by atoms with Gasteiger partial charge in [-0.05, 0) is 20.8 Å². The Morgan fingerprint density at radius 1 is 1.65 bits per heavy atom. The van der Waals surface area contributed by atoms with E-state index in [-0.39, 0.29) is 17.5 Å². The molecule has 0 atom stereocenters. The van der Waals surface area contributed by atoms with Crippen LogP contribution in [0.2, 0.25) is 0 Å². The van der Waals surface area contributed by atoms with Crippen LogP contribution in [0.25, 0.3) is 0 Å². The van der Waals surface area contributed by atoms with E-state index in [0.29, 0.717) is 10.7 Å². The van der Waals surface area contributed by atoms with Crippen molar-refractivity contribution in [3.05, 3.63) is 15.8 Å². The van der Waals surface area contributed by atoms with Gasteiger partial charge in [0.05, 0.1) is 10.7 Å². The van der Waals surface area contributed by atoms with Gasteiger partial charge in [0.1, 0.15) is 5.69 Å². The van der Waals surface area contributed by atoms with Gasteiger partial charge in [-0.1, -0.05) is 11.8 Å². The number of nitro groups is 1. The topological polar surface area (TPSA) is 98.3 Å². The van der Waals surface area contributed by atoms with Gasteiger partial charge in [-0.15, -0.1) is 0 Å². The van der Waals surface area contributed by atoms with Crippen molar-refractivity contribution in [3.63, 3.8) is 0 Å². The average molecular weight is 259 g/mol. The first-order valence-corrected chi connectivity index (χ1v) is 5.91. The number of hydrogen-bond donors (Lipinski definition) is 1. The SMILES string of the molecule is Cc1nn(C(C)C)c(SCC(=O)O)c1[N+](=O)[O-]. The number of aryl methyl sites for hydroxylation is 1. The first-order valence-electron chi connectivity index (χ1n) is 4.92. The number of nitrogens with zero attached hydrogens (tertiary/aromatic N) is 3. The van der Waals surface area contributed by atoms with E-state index in [1.165, 1.54) is 4.68 Å². The molecule has 8 heteroatoms. The second-order valence-corrected chi connectivity index (χ2v) is 4.68. The van der Waals surface area contributed by atoms with E-state index in [1.807, 2.05) is 13.8 Å². The second kappa shape index (κ2) is 5.17. The van der Waals surface area contributed by atoms with Gasteiger partial charge in [0.2, 0.25) is 0 Å². The van der Waals surface area contributed by atoms with Crippen molar-refractivity contribution in [2.45, 2.75) is 31.8 Å². The molecule has 0 fully saturated rings. The van der Waals surface area contributed by atoms with Crippen LogP contribution in [0.5, 0.6) is 0 Å². The number of hydrogen-bond acceptors (Lipinski definition) is 5. The highest BCUT2D eigenvalue weighted by molar-refractivity contribution is 8.00. The number of aliphatic carboxylic acids is 1. The summed E-state index contributed by atoms with van der Waals surface area (Å²) in [6.45, 7) is 5.21. The number of aromatic nitrogens is 2. The normalized spacial score (nSPS) is 10.8.